The first-order chi connectivity index (χ1) is 7.14. The minimum Gasteiger partial charge on any atom is -0.496 e. The predicted molar refractivity (Wildman–Crippen MR) is 57.7 cm³/mol. The summed E-state index contributed by atoms with van der Waals surface area (Å²) in [5, 5.41) is 0. The number of ether oxygens (including phenoxy) is 1. The van der Waals surface area contributed by atoms with Crippen LogP contribution in [0.2, 0.25) is 0 Å². The van der Waals surface area contributed by atoms with Gasteiger partial charge in [0.15, 0.2) is 0 Å². The first kappa shape index (κ1) is 10.4. The third-order valence-corrected chi connectivity index (χ3v) is 3.36. The molecule has 0 aromatic heterocycles. The van der Waals surface area contributed by atoms with E-state index in [-0.39, 0.29) is 11.2 Å². The van der Waals surface area contributed by atoms with E-state index in [1.807, 2.05) is 0 Å². The Labute approximate surface area is 89.2 Å². The lowest BCUT2D eigenvalue weighted by Gasteiger charge is -2.19. The van der Waals surface area contributed by atoms with Crippen LogP contribution in [0, 0.1) is 12.7 Å². The van der Waals surface area contributed by atoms with E-state index in [0.29, 0.717) is 12.1 Å². The Morgan fingerprint density at radius 3 is 2.60 bits per heavy atom. The number of rotatable bonds is 3. The molecule has 1 saturated carbocycles. The Balaban J connectivity index is 2.57. The molecule has 2 N–H and O–H groups in total. The van der Waals surface area contributed by atoms with E-state index >= 15 is 0 Å². The Hall–Kier alpha value is -1.09. The van der Waals surface area contributed by atoms with Gasteiger partial charge in [0.05, 0.1) is 7.11 Å². The van der Waals surface area contributed by atoms with Crippen molar-refractivity contribution in [1.29, 1.82) is 0 Å². The van der Waals surface area contributed by atoms with Gasteiger partial charge in [-0.1, -0.05) is 0 Å². The van der Waals surface area contributed by atoms with Gasteiger partial charge in [-0.05, 0) is 37.5 Å². The second kappa shape index (κ2) is 3.49. The molecule has 2 nitrogen and oxygen atoms in total. The van der Waals surface area contributed by atoms with Crippen molar-refractivity contribution in [1.82, 2.24) is 0 Å². The van der Waals surface area contributed by atoms with E-state index in [2.05, 4.69) is 0 Å². The Kier molecular flexibility index (Phi) is 2.43. The molecule has 1 aromatic carbocycles. The van der Waals surface area contributed by atoms with Crippen molar-refractivity contribution < 1.29 is 9.13 Å². The van der Waals surface area contributed by atoms with E-state index in [1.165, 1.54) is 6.07 Å². The number of methoxy groups -OCH3 is 1. The van der Waals surface area contributed by atoms with Crippen LogP contribution in [-0.4, -0.2) is 13.7 Å². The Morgan fingerprint density at radius 2 is 2.13 bits per heavy atom. The summed E-state index contributed by atoms with van der Waals surface area (Å²) in [7, 11) is 1.61. The van der Waals surface area contributed by atoms with Gasteiger partial charge in [-0.3, -0.25) is 0 Å². The quantitative estimate of drug-likeness (QED) is 0.827. The van der Waals surface area contributed by atoms with Gasteiger partial charge in [-0.15, -0.1) is 0 Å². The molecule has 2 rings (SSSR count). The number of halogens is 1. The molecule has 0 bridgehead atoms. The maximum atomic E-state index is 13.5. The van der Waals surface area contributed by atoms with Gasteiger partial charge in [-0.2, -0.15) is 0 Å². The maximum absolute atomic E-state index is 13.5. The molecule has 0 amide bonds. The van der Waals surface area contributed by atoms with E-state index in [4.69, 9.17) is 10.5 Å². The van der Waals surface area contributed by atoms with Crippen molar-refractivity contribution in [3.05, 3.63) is 29.1 Å². The van der Waals surface area contributed by atoms with Crippen LogP contribution < -0.4 is 10.5 Å². The summed E-state index contributed by atoms with van der Waals surface area (Å²) in [6.07, 6.45) is 2.06. The average Bonchev–Trinajstić information content (AvgIpc) is 3.02. The fraction of sp³-hybridized carbons (Fsp3) is 0.500. The van der Waals surface area contributed by atoms with Crippen molar-refractivity contribution >= 4 is 0 Å². The third kappa shape index (κ3) is 1.51. The van der Waals surface area contributed by atoms with Crippen molar-refractivity contribution in [2.45, 2.75) is 25.2 Å². The highest BCUT2D eigenvalue weighted by atomic mass is 19.1. The zero-order chi connectivity index (χ0) is 11.1. The van der Waals surface area contributed by atoms with Crippen LogP contribution in [0.25, 0.3) is 0 Å². The van der Waals surface area contributed by atoms with Gasteiger partial charge in [0.1, 0.15) is 11.6 Å². The minimum atomic E-state index is -0.175. The molecule has 1 aromatic rings. The molecule has 0 atom stereocenters. The molecule has 3 heteroatoms. The molecule has 1 aliphatic rings. The number of benzene rings is 1. The van der Waals surface area contributed by atoms with Crippen molar-refractivity contribution in [2.75, 3.05) is 13.7 Å². The summed E-state index contributed by atoms with van der Waals surface area (Å²) in [5.41, 5.74) is 7.38. The van der Waals surface area contributed by atoms with Gasteiger partial charge in [-0.25, -0.2) is 4.39 Å². The SMILES string of the molecule is COc1ccc(F)c(C)c1C1(CN)CC1. The Morgan fingerprint density at radius 1 is 1.47 bits per heavy atom. The lowest BCUT2D eigenvalue weighted by molar-refractivity contribution is 0.401. The van der Waals surface area contributed by atoms with Crippen molar-refractivity contribution in [3.63, 3.8) is 0 Å². The fourth-order valence-corrected chi connectivity index (χ4v) is 2.20. The van der Waals surface area contributed by atoms with Crippen LogP contribution in [0.5, 0.6) is 5.75 Å². The molecule has 0 unspecified atom stereocenters. The predicted octanol–water partition coefficient (Wildman–Crippen LogP) is 2.13. The molecule has 1 fully saturated rings. The summed E-state index contributed by atoms with van der Waals surface area (Å²) in [4.78, 5) is 0. The van der Waals surface area contributed by atoms with Gasteiger partial charge in [0, 0.05) is 17.5 Å². The van der Waals surface area contributed by atoms with Gasteiger partial charge in [0.2, 0.25) is 0 Å². The zero-order valence-corrected chi connectivity index (χ0v) is 9.14. The van der Waals surface area contributed by atoms with E-state index < -0.39 is 0 Å². The molecular weight excluding hydrogens is 193 g/mol. The summed E-state index contributed by atoms with van der Waals surface area (Å²) in [5.74, 6) is 0.586. The molecule has 1 aliphatic carbocycles. The van der Waals surface area contributed by atoms with Crippen LogP contribution in [0.15, 0.2) is 12.1 Å². The normalized spacial score (nSPS) is 17.6. The molecule has 0 heterocycles. The maximum Gasteiger partial charge on any atom is 0.126 e. The lowest BCUT2D eigenvalue weighted by atomic mass is 9.90. The van der Waals surface area contributed by atoms with E-state index in [0.717, 1.165) is 24.2 Å². The second-order valence-electron chi connectivity index (χ2n) is 4.23. The van der Waals surface area contributed by atoms with Crippen LogP contribution >= 0.6 is 0 Å². The largest absolute Gasteiger partial charge is 0.496 e. The van der Waals surface area contributed by atoms with Gasteiger partial charge < -0.3 is 10.5 Å². The second-order valence-corrected chi connectivity index (χ2v) is 4.23. The number of hydrogen-bond donors (Lipinski definition) is 1. The van der Waals surface area contributed by atoms with Crippen LogP contribution in [-0.2, 0) is 5.41 Å². The average molecular weight is 209 g/mol. The highest BCUT2D eigenvalue weighted by Gasteiger charge is 2.46. The van der Waals surface area contributed by atoms with Gasteiger partial charge >= 0.3 is 0 Å². The lowest BCUT2D eigenvalue weighted by Crippen LogP contribution is -2.22. The van der Waals surface area contributed by atoms with Crippen molar-refractivity contribution in [3.8, 4) is 5.75 Å². The summed E-state index contributed by atoms with van der Waals surface area (Å²) in [6.45, 7) is 2.36. The molecule has 0 radical (unpaired) electrons. The molecule has 0 saturated heterocycles. The third-order valence-electron chi connectivity index (χ3n) is 3.36. The molecule has 15 heavy (non-hydrogen) atoms. The highest BCUT2D eigenvalue weighted by Crippen LogP contribution is 2.51. The summed E-state index contributed by atoms with van der Waals surface area (Å²) < 4.78 is 18.8. The monoisotopic (exact) mass is 209 g/mol. The molecule has 0 aliphatic heterocycles. The smallest absolute Gasteiger partial charge is 0.126 e. The Bertz CT molecular complexity index is 385. The first-order valence-corrected chi connectivity index (χ1v) is 5.18. The standard InChI is InChI=1S/C12H16FNO/c1-8-9(13)3-4-10(15-2)11(8)12(7-14)5-6-12/h3-4H,5-7,14H2,1-2H3. The van der Waals surface area contributed by atoms with E-state index in [9.17, 15) is 4.39 Å². The highest BCUT2D eigenvalue weighted by molar-refractivity contribution is 5.49. The van der Waals surface area contributed by atoms with Crippen LogP contribution in [0.3, 0.4) is 0 Å². The molecule has 0 spiro atoms. The zero-order valence-electron chi connectivity index (χ0n) is 9.14. The summed E-state index contributed by atoms with van der Waals surface area (Å²) >= 11 is 0. The molecular formula is C12H16FNO. The minimum absolute atomic E-state index is 0.0302. The molecule has 82 valence electrons. The van der Waals surface area contributed by atoms with Gasteiger partial charge in [0.25, 0.3) is 0 Å². The van der Waals surface area contributed by atoms with E-state index in [1.54, 1.807) is 20.1 Å². The topological polar surface area (TPSA) is 35.2 Å². The summed E-state index contributed by atoms with van der Waals surface area (Å²) in [6, 6.07) is 3.14. The van der Waals surface area contributed by atoms with Crippen molar-refractivity contribution in [2.24, 2.45) is 5.73 Å². The van der Waals surface area contributed by atoms with Crippen LogP contribution in [0.4, 0.5) is 4.39 Å². The number of nitrogens with two attached hydrogens (primary N) is 1. The number of hydrogen-bond acceptors (Lipinski definition) is 2. The van der Waals surface area contributed by atoms with Crippen LogP contribution in [0.1, 0.15) is 24.0 Å². The fourth-order valence-electron chi connectivity index (χ4n) is 2.20. The first-order valence-electron chi connectivity index (χ1n) is 5.18.